The molecule has 2 atom stereocenters. The monoisotopic (exact) mass is 390 g/mol. The minimum Gasteiger partial charge on any atom is -0.346 e. The number of amides is 1. The Hall–Kier alpha value is -0.950. The van der Waals surface area contributed by atoms with Gasteiger partial charge in [0.1, 0.15) is 5.82 Å². The second-order valence-electron chi connectivity index (χ2n) is 5.74. The van der Waals surface area contributed by atoms with Crippen molar-refractivity contribution in [2.24, 2.45) is 7.05 Å². The topological polar surface area (TPSA) is 59.0 Å². The summed E-state index contributed by atoms with van der Waals surface area (Å²) in [5.74, 6) is 3.11. The number of thioether (sulfide) groups is 1. The number of carbonyl (C=O) groups is 1. The van der Waals surface area contributed by atoms with Gasteiger partial charge in [0.2, 0.25) is 5.91 Å². The van der Waals surface area contributed by atoms with E-state index in [4.69, 9.17) is 0 Å². The largest absolute Gasteiger partial charge is 0.346 e. The highest BCUT2D eigenvalue weighted by Crippen LogP contribution is 2.19. The summed E-state index contributed by atoms with van der Waals surface area (Å²) in [4.78, 5) is 16.9. The Labute approximate surface area is 159 Å². The number of nitrogens with zero attached hydrogens (tertiary/aromatic N) is 2. The van der Waals surface area contributed by atoms with Gasteiger partial charge in [0.15, 0.2) is 0 Å². The molecule has 24 heavy (non-hydrogen) atoms. The van der Waals surface area contributed by atoms with E-state index in [-0.39, 0.29) is 42.8 Å². The van der Waals surface area contributed by atoms with E-state index >= 15 is 0 Å². The number of fused-ring (bicyclic) bond motifs is 1. The van der Waals surface area contributed by atoms with Gasteiger partial charge in [-0.05, 0) is 19.1 Å². The van der Waals surface area contributed by atoms with E-state index < -0.39 is 0 Å². The van der Waals surface area contributed by atoms with E-state index in [0.29, 0.717) is 6.42 Å². The summed E-state index contributed by atoms with van der Waals surface area (Å²) < 4.78 is 2.05. The molecule has 1 aromatic heterocycles. The Bertz CT molecular complexity index is 673. The number of carbonyl (C=O) groups excluding carboxylic acids is 1. The van der Waals surface area contributed by atoms with Gasteiger partial charge in [-0.2, -0.15) is 11.8 Å². The van der Waals surface area contributed by atoms with Crippen LogP contribution in [0.4, 0.5) is 0 Å². The van der Waals surface area contributed by atoms with Crippen LogP contribution in [0.25, 0.3) is 11.0 Å². The van der Waals surface area contributed by atoms with Crippen molar-refractivity contribution >= 4 is 53.5 Å². The molecular weight excluding hydrogens is 367 g/mol. The van der Waals surface area contributed by atoms with Crippen LogP contribution in [0.2, 0.25) is 0 Å². The van der Waals surface area contributed by atoms with Crippen LogP contribution >= 0.6 is 36.6 Å². The van der Waals surface area contributed by atoms with Crippen molar-refractivity contribution in [3.8, 4) is 0 Å². The van der Waals surface area contributed by atoms with Gasteiger partial charge < -0.3 is 15.2 Å². The maximum absolute atomic E-state index is 12.2. The van der Waals surface area contributed by atoms with E-state index in [0.717, 1.165) is 34.9 Å². The summed E-state index contributed by atoms with van der Waals surface area (Å²) in [6.45, 7) is 2.98. The van der Waals surface area contributed by atoms with Crippen molar-refractivity contribution < 1.29 is 4.79 Å². The van der Waals surface area contributed by atoms with Gasteiger partial charge in [-0.1, -0.05) is 12.1 Å². The van der Waals surface area contributed by atoms with Gasteiger partial charge in [-0.3, -0.25) is 4.79 Å². The summed E-state index contributed by atoms with van der Waals surface area (Å²) in [6, 6.07) is 8.21. The van der Waals surface area contributed by atoms with Crippen molar-refractivity contribution in [2.45, 2.75) is 25.4 Å². The molecule has 1 saturated heterocycles. The lowest BCUT2D eigenvalue weighted by atomic mass is 10.2. The Morgan fingerprint density at radius 3 is 2.88 bits per heavy atom. The van der Waals surface area contributed by atoms with Gasteiger partial charge in [0, 0.05) is 37.6 Å². The summed E-state index contributed by atoms with van der Waals surface area (Å²) in [5.41, 5.74) is 2.05. The number of hydrogen-bond donors (Lipinski definition) is 2. The molecule has 1 aliphatic heterocycles. The lowest BCUT2D eigenvalue weighted by molar-refractivity contribution is -0.122. The highest BCUT2D eigenvalue weighted by atomic mass is 35.5. The number of imidazole rings is 1. The van der Waals surface area contributed by atoms with Crippen LogP contribution in [0, 0.1) is 0 Å². The zero-order valence-electron chi connectivity index (χ0n) is 13.8. The molecule has 0 aliphatic carbocycles. The average Bonchev–Trinajstić information content (AvgIpc) is 2.86. The number of para-hydroxylation sites is 2. The summed E-state index contributed by atoms with van der Waals surface area (Å²) >= 11 is 1.91. The summed E-state index contributed by atoms with van der Waals surface area (Å²) in [6.07, 6.45) is 0.529. The second-order valence-corrected chi connectivity index (χ2v) is 6.89. The van der Waals surface area contributed by atoms with E-state index in [1.165, 1.54) is 0 Å². The molecule has 2 aromatic rings. The molecule has 8 heteroatoms. The van der Waals surface area contributed by atoms with Crippen molar-refractivity contribution in [3.05, 3.63) is 30.1 Å². The predicted octanol–water partition coefficient (Wildman–Crippen LogP) is 2.69. The first kappa shape index (κ1) is 21.1. The minimum absolute atomic E-state index is 0. The van der Waals surface area contributed by atoms with Crippen LogP contribution in [0.1, 0.15) is 25.2 Å². The Kier molecular flexibility index (Phi) is 8.36. The fourth-order valence-corrected chi connectivity index (χ4v) is 3.84. The zero-order valence-corrected chi connectivity index (χ0v) is 16.3. The van der Waals surface area contributed by atoms with Crippen LogP contribution in [0.5, 0.6) is 0 Å². The standard InChI is InChI=1S/C16H22N4OS.2ClH/c1-11(18-15(21)9-12-10-22-8-7-17-12)16-19-13-5-3-4-6-14(13)20(16)2;;/h3-6,11-12,17H,7-10H2,1-2H3,(H,18,21);2*1H. The van der Waals surface area contributed by atoms with Gasteiger partial charge in [0.05, 0.1) is 17.1 Å². The first-order valence-electron chi connectivity index (χ1n) is 7.67. The second kappa shape index (κ2) is 9.51. The smallest absolute Gasteiger partial charge is 0.222 e. The molecule has 0 bridgehead atoms. The fraction of sp³-hybridized carbons (Fsp3) is 0.500. The number of aryl methyl sites for hydroxylation is 1. The molecule has 0 radical (unpaired) electrons. The predicted molar refractivity (Wildman–Crippen MR) is 106 cm³/mol. The average molecular weight is 391 g/mol. The number of aromatic nitrogens is 2. The first-order valence-corrected chi connectivity index (χ1v) is 8.82. The molecule has 3 rings (SSSR count). The van der Waals surface area contributed by atoms with Gasteiger partial charge in [-0.25, -0.2) is 4.98 Å². The highest BCUT2D eigenvalue weighted by molar-refractivity contribution is 7.99. The number of rotatable bonds is 4. The van der Waals surface area contributed by atoms with Crippen molar-refractivity contribution in [2.75, 3.05) is 18.1 Å². The Morgan fingerprint density at radius 1 is 1.46 bits per heavy atom. The molecule has 1 amide bonds. The number of nitrogens with one attached hydrogen (secondary N) is 2. The maximum atomic E-state index is 12.2. The van der Waals surface area contributed by atoms with E-state index in [2.05, 4.69) is 20.2 Å². The van der Waals surface area contributed by atoms with Gasteiger partial charge in [0.25, 0.3) is 0 Å². The van der Waals surface area contributed by atoms with Crippen LogP contribution in [-0.2, 0) is 11.8 Å². The normalized spacial score (nSPS) is 18.3. The van der Waals surface area contributed by atoms with E-state index in [9.17, 15) is 4.79 Å². The summed E-state index contributed by atoms with van der Waals surface area (Å²) in [5, 5.41) is 6.47. The molecule has 0 saturated carbocycles. The lowest BCUT2D eigenvalue weighted by Gasteiger charge is -2.23. The molecule has 2 N–H and O–H groups in total. The Balaban J connectivity index is 0.00000144. The minimum atomic E-state index is -0.0962. The van der Waals surface area contributed by atoms with Crippen molar-refractivity contribution in [1.82, 2.24) is 20.2 Å². The SMILES string of the molecule is CC(NC(=O)CC1CSCCN1)c1nc2ccccc2n1C.Cl.Cl. The fourth-order valence-electron chi connectivity index (χ4n) is 2.89. The van der Waals surface area contributed by atoms with E-state index in [1.54, 1.807) is 0 Å². The van der Waals surface area contributed by atoms with Gasteiger partial charge >= 0.3 is 0 Å². The van der Waals surface area contributed by atoms with Crippen LogP contribution in [-0.4, -0.2) is 39.6 Å². The molecule has 2 unspecified atom stereocenters. The molecule has 134 valence electrons. The Morgan fingerprint density at radius 2 is 2.21 bits per heavy atom. The molecule has 1 fully saturated rings. The number of benzene rings is 1. The van der Waals surface area contributed by atoms with Crippen LogP contribution < -0.4 is 10.6 Å². The third kappa shape index (κ3) is 4.79. The first-order chi connectivity index (χ1) is 10.6. The van der Waals surface area contributed by atoms with E-state index in [1.807, 2.05) is 50.0 Å². The highest BCUT2D eigenvalue weighted by Gasteiger charge is 2.20. The quantitative estimate of drug-likeness (QED) is 0.842. The third-order valence-corrected chi connectivity index (χ3v) is 5.15. The molecule has 0 spiro atoms. The number of halogens is 2. The third-order valence-electron chi connectivity index (χ3n) is 4.02. The maximum Gasteiger partial charge on any atom is 0.222 e. The van der Waals surface area contributed by atoms with Gasteiger partial charge in [-0.15, -0.1) is 24.8 Å². The molecular formula is C16H24Cl2N4OS. The molecule has 5 nitrogen and oxygen atoms in total. The lowest BCUT2D eigenvalue weighted by Crippen LogP contribution is -2.41. The van der Waals surface area contributed by atoms with Crippen LogP contribution in [0.3, 0.4) is 0 Å². The molecule has 1 aliphatic rings. The summed E-state index contributed by atoms with van der Waals surface area (Å²) in [7, 11) is 1.99. The zero-order chi connectivity index (χ0) is 15.5. The molecule has 1 aromatic carbocycles. The van der Waals surface area contributed by atoms with Crippen molar-refractivity contribution in [1.29, 1.82) is 0 Å². The number of hydrogen-bond acceptors (Lipinski definition) is 4. The van der Waals surface area contributed by atoms with Crippen LogP contribution in [0.15, 0.2) is 24.3 Å². The van der Waals surface area contributed by atoms with Crippen molar-refractivity contribution in [3.63, 3.8) is 0 Å². The molecule has 2 heterocycles.